The lowest BCUT2D eigenvalue weighted by molar-refractivity contribution is -0.141. The largest absolute Gasteiger partial charge is 0.437 e. The summed E-state index contributed by atoms with van der Waals surface area (Å²) in [5.41, 5.74) is 4.82. The first kappa shape index (κ1) is 16.1. The highest BCUT2D eigenvalue weighted by Gasteiger charge is 2.33. The van der Waals surface area contributed by atoms with Crippen molar-refractivity contribution >= 4 is 27.5 Å². The molecule has 1 aromatic carbocycles. The maximum Gasteiger partial charge on any atom is 0.433 e. The normalized spacial score (nSPS) is 11.5. The number of nitrogens with zero attached hydrogens (tertiary/aromatic N) is 1. The molecule has 0 spiro atoms. The van der Waals surface area contributed by atoms with Gasteiger partial charge in [0.15, 0.2) is 0 Å². The Kier molecular flexibility index (Phi) is 4.75. The predicted octanol–water partition coefficient (Wildman–Crippen LogP) is 4.77. The van der Waals surface area contributed by atoms with Gasteiger partial charge in [0.2, 0.25) is 5.88 Å². The molecule has 2 aromatic rings. The third-order valence-electron chi connectivity index (χ3n) is 2.55. The van der Waals surface area contributed by atoms with Crippen LogP contribution in [0.25, 0.3) is 0 Å². The van der Waals surface area contributed by atoms with Gasteiger partial charge in [-0.1, -0.05) is 17.7 Å². The van der Waals surface area contributed by atoms with Gasteiger partial charge in [-0.25, -0.2) is 4.98 Å². The van der Waals surface area contributed by atoms with E-state index in [9.17, 15) is 13.2 Å². The standard InChI is InChI=1S/C13H9BrClF3N2O/c14-9-5-8(15)2-3-10(9)21-12-7(6-19)1-4-11(20-12)13(16,17)18/h1-5H,6,19H2. The summed E-state index contributed by atoms with van der Waals surface area (Å²) in [6.07, 6.45) is -4.55. The number of nitrogens with two attached hydrogens (primary N) is 1. The molecule has 1 heterocycles. The van der Waals surface area contributed by atoms with Crippen molar-refractivity contribution in [2.24, 2.45) is 5.73 Å². The Hall–Kier alpha value is -1.31. The third-order valence-corrected chi connectivity index (χ3v) is 3.40. The van der Waals surface area contributed by atoms with Crippen molar-refractivity contribution in [1.29, 1.82) is 0 Å². The van der Waals surface area contributed by atoms with Crippen LogP contribution >= 0.6 is 27.5 Å². The van der Waals surface area contributed by atoms with Crippen LogP contribution in [0.2, 0.25) is 5.02 Å². The van der Waals surface area contributed by atoms with Gasteiger partial charge in [0.1, 0.15) is 11.4 Å². The molecule has 2 rings (SSSR count). The number of ether oxygens (including phenoxy) is 1. The summed E-state index contributed by atoms with van der Waals surface area (Å²) in [7, 11) is 0. The van der Waals surface area contributed by atoms with E-state index in [4.69, 9.17) is 22.1 Å². The van der Waals surface area contributed by atoms with Gasteiger partial charge >= 0.3 is 6.18 Å². The molecule has 8 heteroatoms. The molecule has 0 atom stereocenters. The Morgan fingerprint density at radius 1 is 1.24 bits per heavy atom. The molecule has 0 unspecified atom stereocenters. The minimum Gasteiger partial charge on any atom is -0.437 e. The molecule has 3 nitrogen and oxygen atoms in total. The lowest BCUT2D eigenvalue weighted by Gasteiger charge is -2.13. The molecule has 0 bridgehead atoms. The number of hydrogen-bond donors (Lipinski definition) is 1. The first-order valence-electron chi connectivity index (χ1n) is 5.71. The van der Waals surface area contributed by atoms with Gasteiger partial charge in [-0.05, 0) is 40.2 Å². The van der Waals surface area contributed by atoms with Crippen molar-refractivity contribution < 1.29 is 17.9 Å². The molecule has 0 aliphatic carbocycles. The topological polar surface area (TPSA) is 48.1 Å². The number of alkyl halides is 3. The first-order valence-corrected chi connectivity index (χ1v) is 6.88. The van der Waals surface area contributed by atoms with Crippen LogP contribution in [0.1, 0.15) is 11.3 Å². The van der Waals surface area contributed by atoms with E-state index in [1.54, 1.807) is 12.1 Å². The van der Waals surface area contributed by atoms with Gasteiger partial charge in [0.05, 0.1) is 4.47 Å². The highest BCUT2D eigenvalue weighted by atomic mass is 79.9. The molecular formula is C13H9BrClF3N2O. The summed E-state index contributed by atoms with van der Waals surface area (Å²) in [5, 5.41) is 0.463. The van der Waals surface area contributed by atoms with Gasteiger partial charge in [-0.2, -0.15) is 13.2 Å². The minimum atomic E-state index is -4.55. The summed E-state index contributed by atoms with van der Waals surface area (Å²) in [5.74, 6) is 0.108. The molecule has 0 saturated heterocycles. The quantitative estimate of drug-likeness (QED) is 0.833. The second kappa shape index (κ2) is 6.21. The average molecular weight is 382 g/mol. The zero-order valence-corrected chi connectivity index (χ0v) is 12.8. The number of hydrogen-bond acceptors (Lipinski definition) is 3. The van der Waals surface area contributed by atoms with Gasteiger partial charge in [0, 0.05) is 17.1 Å². The lowest BCUT2D eigenvalue weighted by atomic mass is 10.2. The van der Waals surface area contributed by atoms with E-state index in [1.807, 2.05) is 0 Å². The molecule has 0 radical (unpaired) electrons. The maximum atomic E-state index is 12.7. The number of benzene rings is 1. The highest BCUT2D eigenvalue weighted by Crippen LogP contribution is 2.35. The Morgan fingerprint density at radius 2 is 1.95 bits per heavy atom. The predicted molar refractivity (Wildman–Crippen MR) is 76.4 cm³/mol. The zero-order chi connectivity index (χ0) is 15.6. The number of rotatable bonds is 3. The van der Waals surface area contributed by atoms with Crippen LogP contribution in [0.3, 0.4) is 0 Å². The fourth-order valence-corrected chi connectivity index (χ4v) is 2.30. The third kappa shape index (κ3) is 3.87. The van der Waals surface area contributed by atoms with Crippen LogP contribution in [0.5, 0.6) is 11.6 Å². The second-order valence-electron chi connectivity index (χ2n) is 4.04. The average Bonchev–Trinajstić information content (AvgIpc) is 2.41. The van der Waals surface area contributed by atoms with Crippen LogP contribution in [0.15, 0.2) is 34.8 Å². The van der Waals surface area contributed by atoms with Gasteiger partial charge in [0.25, 0.3) is 0 Å². The molecule has 0 fully saturated rings. The fourth-order valence-electron chi connectivity index (χ4n) is 1.53. The summed E-state index contributed by atoms with van der Waals surface area (Å²) in [4.78, 5) is 3.49. The highest BCUT2D eigenvalue weighted by molar-refractivity contribution is 9.10. The number of pyridine rings is 1. The molecule has 1 aromatic heterocycles. The van der Waals surface area contributed by atoms with E-state index in [1.165, 1.54) is 12.1 Å². The fraction of sp³-hybridized carbons (Fsp3) is 0.154. The monoisotopic (exact) mass is 380 g/mol. The molecule has 0 aliphatic rings. The van der Waals surface area contributed by atoms with Gasteiger partial charge < -0.3 is 10.5 Å². The summed E-state index contributed by atoms with van der Waals surface area (Å²) in [6, 6.07) is 6.75. The van der Waals surface area contributed by atoms with Crippen molar-refractivity contribution in [2.75, 3.05) is 0 Å². The van der Waals surface area contributed by atoms with E-state index in [0.717, 1.165) is 6.07 Å². The molecular weight excluding hydrogens is 373 g/mol. The summed E-state index contributed by atoms with van der Waals surface area (Å²) >= 11 is 9.01. The lowest BCUT2D eigenvalue weighted by Crippen LogP contribution is -2.10. The van der Waals surface area contributed by atoms with E-state index in [0.29, 0.717) is 20.8 Å². The first-order chi connectivity index (χ1) is 9.81. The van der Waals surface area contributed by atoms with Gasteiger partial charge in [-0.15, -0.1) is 0 Å². The van der Waals surface area contributed by atoms with Crippen LogP contribution < -0.4 is 10.5 Å². The Labute approximate surface area is 132 Å². The number of halogens is 5. The molecule has 0 aliphatic heterocycles. The van der Waals surface area contributed by atoms with Crippen LogP contribution in [-0.2, 0) is 12.7 Å². The van der Waals surface area contributed by atoms with Crippen LogP contribution in [0.4, 0.5) is 13.2 Å². The Bertz CT molecular complexity index is 664. The van der Waals surface area contributed by atoms with Crippen LogP contribution in [0, 0.1) is 0 Å². The summed E-state index contributed by atoms with van der Waals surface area (Å²) < 4.78 is 44.0. The summed E-state index contributed by atoms with van der Waals surface area (Å²) in [6.45, 7) is 0.00563. The Morgan fingerprint density at radius 3 is 2.52 bits per heavy atom. The second-order valence-corrected chi connectivity index (χ2v) is 5.33. The minimum absolute atomic E-state index is 0.00563. The molecule has 21 heavy (non-hydrogen) atoms. The van der Waals surface area contributed by atoms with Crippen molar-refractivity contribution in [3.05, 3.63) is 51.1 Å². The van der Waals surface area contributed by atoms with Crippen molar-refractivity contribution in [3.63, 3.8) is 0 Å². The van der Waals surface area contributed by atoms with Crippen molar-refractivity contribution in [1.82, 2.24) is 4.98 Å². The van der Waals surface area contributed by atoms with Crippen molar-refractivity contribution in [3.8, 4) is 11.6 Å². The maximum absolute atomic E-state index is 12.7. The SMILES string of the molecule is NCc1ccc(C(F)(F)F)nc1Oc1ccc(Cl)cc1Br. The van der Waals surface area contributed by atoms with Gasteiger partial charge in [-0.3, -0.25) is 0 Å². The molecule has 2 N–H and O–H groups in total. The molecule has 0 saturated carbocycles. The Balaban J connectivity index is 2.42. The number of aromatic nitrogens is 1. The van der Waals surface area contributed by atoms with E-state index >= 15 is 0 Å². The molecule has 112 valence electrons. The van der Waals surface area contributed by atoms with E-state index < -0.39 is 11.9 Å². The van der Waals surface area contributed by atoms with Crippen molar-refractivity contribution in [2.45, 2.75) is 12.7 Å². The van der Waals surface area contributed by atoms with E-state index in [-0.39, 0.29) is 12.4 Å². The van der Waals surface area contributed by atoms with E-state index in [2.05, 4.69) is 20.9 Å². The zero-order valence-electron chi connectivity index (χ0n) is 10.4. The van der Waals surface area contributed by atoms with Crippen LogP contribution in [-0.4, -0.2) is 4.98 Å². The smallest absolute Gasteiger partial charge is 0.433 e. The molecule has 0 amide bonds.